The Kier molecular flexibility index (Phi) is 7.02. The molecule has 0 aliphatic carbocycles. The van der Waals surface area contributed by atoms with Gasteiger partial charge in [-0.3, -0.25) is 0 Å². The van der Waals surface area contributed by atoms with Gasteiger partial charge in [-0.1, -0.05) is 30.1 Å². The molecule has 0 aromatic carbocycles. The molecule has 0 radical (unpaired) electrons. The molecule has 0 bridgehead atoms. The van der Waals surface area contributed by atoms with E-state index >= 15 is 0 Å². The number of nitrogens with zero attached hydrogens (tertiary/aromatic N) is 3. The molecule has 0 aliphatic rings. The fourth-order valence-corrected chi connectivity index (χ4v) is 3.97. The molecular formula is C23H25FN4O2S. The smallest absolute Gasteiger partial charge is 0.358 e. The zero-order valence-corrected chi connectivity index (χ0v) is 18.8. The lowest BCUT2D eigenvalue weighted by Gasteiger charge is -2.09. The SMILES string of the molecule is C=C/C(F)=C(\C=C/C)c1cc(-c2cnc(NC(C)C)s2)cn2cc(C(=O)OCC)nc12. The first kappa shape index (κ1) is 22.4. The standard InChI is InChI=1S/C23H25FN4O2S/c1-6-9-16(18(24)7-2)17-10-15(20-11-25-23(31-20)26-14(4)5)12-28-13-19(27-21(17)28)22(29)30-8-3/h6-7,9-14H,2,8H2,1,3-5H3,(H,25,26)/b9-6-,18-16-. The third kappa shape index (κ3) is 4.91. The molecule has 6 nitrogen and oxygen atoms in total. The molecule has 3 heterocycles. The Labute approximate surface area is 184 Å². The highest BCUT2D eigenvalue weighted by molar-refractivity contribution is 7.18. The van der Waals surface area contributed by atoms with Gasteiger partial charge in [-0.25, -0.2) is 19.2 Å². The van der Waals surface area contributed by atoms with E-state index in [1.807, 2.05) is 26.1 Å². The van der Waals surface area contributed by atoms with Gasteiger partial charge in [0.05, 0.1) is 11.5 Å². The maximum absolute atomic E-state index is 14.7. The molecule has 0 unspecified atom stereocenters. The molecule has 0 saturated heterocycles. The van der Waals surface area contributed by atoms with E-state index in [9.17, 15) is 9.18 Å². The number of aromatic nitrogens is 3. The lowest BCUT2D eigenvalue weighted by atomic mass is 10.0. The van der Waals surface area contributed by atoms with Crippen molar-refractivity contribution < 1.29 is 13.9 Å². The topological polar surface area (TPSA) is 68.5 Å². The molecule has 3 rings (SSSR count). The first-order valence-corrected chi connectivity index (χ1v) is 10.8. The predicted molar refractivity (Wildman–Crippen MR) is 124 cm³/mol. The molecule has 0 atom stereocenters. The number of pyridine rings is 1. The van der Waals surface area contributed by atoms with Crippen LogP contribution in [0.25, 0.3) is 21.7 Å². The largest absolute Gasteiger partial charge is 0.461 e. The van der Waals surface area contributed by atoms with Gasteiger partial charge in [0.1, 0.15) is 11.5 Å². The van der Waals surface area contributed by atoms with Gasteiger partial charge in [-0.15, -0.1) is 0 Å². The number of thiazole rings is 1. The average molecular weight is 441 g/mol. The number of ether oxygens (including phenoxy) is 1. The molecule has 0 fully saturated rings. The summed E-state index contributed by atoms with van der Waals surface area (Å²) in [6.07, 6.45) is 9.77. The van der Waals surface area contributed by atoms with Crippen molar-refractivity contribution in [2.24, 2.45) is 0 Å². The minimum absolute atomic E-state index is 0.158. The zero-order valence-electron chi connectivity index (χ0n) is 18.0. The third-order valence-electron chi connectivity index (χ3n) is 4.30. The van der Waals surface area contributed by atoms with Crippen molar-refractivity contribution >= 4 is 33.7 Å². The molecule has 3 aromatic heterocycles. The summed E-state index contributed by atoms with van der Waals surface area (Å²) in [5.41, 5.74) is 2.29. The van der Waals surface area contributed by atoms with Crippen molar-refractivity contribution in [3.63, 3.8) is 0 Å². The number of fused-ring (bicyclic) bond motifs is 1. The Morgan fingerprint density at radius 1 is 1.42 bits per heavy atom. The Morgan fingerprint density at radius 2 is 2.19 bits per heavy atom. The Morgan fingerprint density at radius 3 is 2.84 bits per heavy atom. The van der Waals surface area contributed by atoms with E-state index in [1.54, 1.807) is 42.8 Å². The molecule has 0 spiro atoms. The minimum atomic E-state index is -0.527. The Bertz CT molecular complexity index is 1170. The number of hydrogen-bond acceptors (Lipinski definition) is 6. The fourth-order valence-electron chi connectivity index (χ4n) is 3.03. The second-order valence-electron chi connectivity index (χ2n) is 7.01. The van der Waals surface area contributed by atoms with Crippen LogP contribution in [-0.2, 0) is 4.74 Å². The molecule has 31 heavy (non-hydrogen) atoms. The molecule has 0 amide bonds. The van der Waals surface area contributed by atoms with E-state index in [0.717, 1.165) is 21.6 Å². The maximum Gasteiger partial charge on any atom is 0.358 e. The van der Waals surface area contributed by atoms with Crippen molar-refractivity contribution in [1.82, 2.24) is 14.4 Å². The van der Waals surface area contributed by atoms with Crippen LogP contribution in [0.2, 0.25) is 0 Å². The van der Waals surface area contributed by atoms with Gasteiger partial charge in [0, 0.05) is 41.3 Å². The quantitative estimate of drug-likeness (QED) is 0.349. The normalized spacial score (nSPS) is 12.5. The van der Waals surface area contributed by atoms with E-state index in [4.69, 9.17) is 4.74 Å². The maximum atomic E-state index is 14.7. The number of imidazole rings is 1. The van der Waals surface area contributed by atoms with Gasteiger partial charge < -0.3 is 14.5 Å². The summed E-state index contributed by atoms with van der Waals surface area (Å²) in [5, 5.41) is 4.08. The van der Waals surface area contributed by atoms with E-state index in [-0.39, 0.29) is 18.3 Å². The van der Waals surface area contributed by atoms with Gasteiger partial charge >= 0.3 is 5.97 Å². The second kappa shape index (κ2) is 9.70. The zero-order chi connectivity index (χ0) is 22.5. The van der Waals surface area contributed by atoms with Crippen LogP contribution < -0.4 is 5.32 Å². The summed E-state index contributed by atoms with van der Waals surface area (Å²) >= 11 is 1.50. The molecule has 0 aliphatic heterocycles. The van der Waals surface area contributed by atoms with Crippen LogP contribution in [-0.4, -0.2) is 33.0 Å². The second-order valence-corrected chi connectivity index (χ2v) is 8.05. The fraction of sp³-hybridized carbons (Fsp3) is 0.261. The van der Waals surface area contributed by atoms with Crippen molar-refractivity contribution in [3.05, 3.63) is 66.5 Å². The summed E-state index contributed by atoms with van der Waals surface area (Å²) in [6.45, 7) is 11.4. The van der Waals surface area contributed by atoms with Gasteiger partial charge in [-0.2, -0.15) is 0 Å². The highest BCUT2D eigenvalue weighted by Crippen LogP contribution is 2.34. The average Bonchev–Trinajstić information content (AvgIpc) is 3.37. The van der Waals surface area contributed by atoms with Crippen molar-refractivity contribution in [3.8, 4) is 10.4 Å². The molecule has 0 saturated carbocycles. The number of carbonyl (C=O) groups excluding carboxylic acids is 1. The van der Waals surface area contributed by atoms with Crippen LogP contribution in [0.5, 0.6) is 0 Å². The number of halogens is 1. The molecule has 1 N–H and O–H groups in total. The highest BCUT2D eigenvalue weighted by atomic mass is 32.1. The lowest BCUT2D eigenvalue weighted by Crippen LogP contribution is -2.08. The lowest BCUT2D eigenvalue weighted by molar-refractivity contribution is 0.0520. The van der Waals surface area contributed by atoms with Gasteiger partial charge in [0.2, 0.25) is 0 Å². The van der Waals surface area contributed by atoms with E-state index in [0.29, 0.717) is 16.8 Å². The third-order valence-corrected chi connectivity index (χ3v) is 5.28. The number of anilines is 1. The first-order valence-electron chi connectivity index (χ1n) is 9.95. The number of allylic oxidation sites excluding steroid dienone is 5. The van der Waals surface area contributed by atoms with Crippen LogP contribution in [0.15, 0.2) is 55.3 Å². The van der Waals surface area contributed by atoms with Crippen molar-refractivity contribution in [1.29, 1.82) is 0 Å². The Balaban J connectivity index is 2.24. The number of nitrogens with one attached hydrogen (secondary N) is 1. The van der Waals surface area contributed by atoms with Crippen molar-refractivity contribution in [2.45, 2.75) is 33.7 Å². The van der Waals surface area contributed by atoms with Crippen LogP contribution in [0.3, 0.4) is 0 Å². The molecular weight excluding hydrogens is 415 g/mol. The van der Waals surface area contributed by atoms with Crippen LogP contribution >= 0.6 is 11.3 Å². The summed E-state index contributed by atoms with van der Waals surface area (Å²) in [7, 11) is 0. The molecule has 162 valence electrons. The summed E-state index contributed by atoms with van der Waals surface area (Å²) in [6, 6.07) is 2.10. The van der Waals surface area contributed by atoms with Gasteiger partial charge in [0.25, 0.3) is 0 Å². The summed E-state index contributed by atoms with van der Waals surface area (Å²) in [4.78, 5) is 22.0. The number of carbonyl (C=O) groups is 1. The number of esters is 1. The van der Waals surface area contributed by atoms with E-state index < -0.39 is 11.8 Å². The highest BCUT2D eigenvalue weighted by Gasteiger charge is 2.19. The van der Waals surface area contributed by atoms with Crippen LogP contribution in [0.1, 0.15) is 43.7 Å². The summed E-state index contributed by atoms with van der Waals surface area (Å²) in [5.74, 6) is -1.01. The monoisotopic (exact) mass is 440 g/mol. The molecule has 8 heteroatoms. The Hall–Kier alpha value is -3.26. The first-order chi connectivity index (χ1) is 14.9. The number of rotatable bonds is 8. The predicted octanol–water partition coefficient (Wildman–Crippen LogP) is 5.90. The van der Waals surface area contributed by atoms with E-state index in [1.165, 1.54) is 11.3 Å². The minimum Gasteiger partial charge on any atom is -0.461 e. The molecule has 3 aromatic rings. The van der Waals surface area contributed by atoms with Crippen LogP contribution in [0.4, 0.5) is 9.52 Å². The van der Waals surface area contributed by atoms with Crippen molar-refractivity contribution in [2.75, 3.05) is 11.9 Å². The summed E-state index contributed by atoms with van der Waals surface area (Å²) < 4.78 is 21.5. The van der Waals surface area contributed by atoms with E-state index in [2.05, 4.69) is 21.9 Å². The van der Waals surface area contributed by atoms with Gasteiger partial charge in [0.15, 0.2) is 10.8 Å². The van der Waals surface area contributed by atoms with Crippen LogP contribution in [0, 0.1) is 0 Å². The number of hydrogen-bond donors (Lipinski definition) is 1. The van der Waals surface area contributed by atoms with Gasteiger partial charge in [-0.05, 0) is 39.8 Å².